The second kappa shape index (κ2) is 5.23. The Morgan fingerprint density at radius 2 is 1.83 bits per heavy atom. The van der Waals surface area contributed by atoms with E-state index in [9.17, 15) is 13.9 Å². The molecule has 4 heteroatoms. The highest BCUT2D eigenvalue weighted by Gasteiger charge is 2.18. The molecule has 0 aliphatic rings. The third-order valence-electron chi connectivity index (χ3n) is 2.71. The number of hydrogen-bond acceptors (Lipinski definition) is 2. The second-order valence-corrected chi connectivity index (χ2v) is 4.18. The van der Waals surface area contributed by atoms with Gasteiger partial charge in [-0.3, -0.25) is 4.98 Å². The fourth-order valence-electron chi connectivity index (χ4n) is 1.75. The van der Waals surface area contributed by atoms with Gasteiger partial charge in [0.05, 0.1) is 11.7 Å². The molecule has 2 rings (SSSR count). The average Bonchev–Trinajstić information content (AvgIpc) is 2.32. The van der Waals surface area contributed by atoms with Crippen molar-refractivity contribution in [2.45, 2.75) is 19.4 Å². The molecule has 0 saturated heterocycles. The number of aliphatic hydroxyl groups is 1. The largest absolute Gasteiger partial charge is 0.388 e. The SMILES string of the molecule is Cc1ccc(CC(O)c2c(F)cccc2F)nc1. The smallest absolute Gasteiger partial charge is 0.131 e. The Bertz CT molecular complexity index is 520. The molecule has 2 aromatic rings. The number of rotatable bonds is 3. The number of halogens is 2. The normalized spacial score (nSPS) is 12.4. The Morgan fingerprint density at radius 1 is 1.17 bits per heavy atom. The van der Waals surface area contributed by atoms with Crippen molar-refractivity contribution in [2.24, 2.45) is 0 Å². The minimum absolute atomic E-state index is 0.0815. The monoisotopic (exact) mass is 249 g/mol. The van der Waals surface area contributed by atoms with Gasteiger partial charge in [0.1, 0.15) is 11.6 Å². The zero-order chi connectivity index (χ0) is 13.1. The maximum atomic E-state index is 13.4. The van der Waals surface area contributed by atoms with E-state index in [0.717, 1.165) is 17.7 Å². The molecule has 1 heterocycles. The zero-order valence-electron chi connectivity index (χ0n) is 9.90. The molecule has 0 bridgehead atoms. The molecule has 1 aromatic carbocycles. The lowest BCUT2D eigenvalue weighted by molar-refractivity contribution is 0.167. The molecule has 1 unspecified atom stereocenters. The standard InChI is InChI=1S/C14H13F2NO/c1-9-5-6-10(17-8-9)7-13(18)14-11(15)3-2-4-12(14)16/h2-6,8,13,18H,7H2,1H3. The van der Waals surface area contributed by atoms with Crippen molar-refractivity contribution in [3.8, 4) is 0 Å². The molecule has 0 radical (unpaired) electrons. The summed E-state index contributed by atoms with van der Waals surface area (Å²) in [5, 5.41) is 9.88. The fourth-order valence-corrected chi connectivity index (χ4v) is 1.75. The van der Waals surface area contributed by atoms with Crippen molar-refractivity contribution in [2.75, 3.05) is 0 Å². The van der Waals surface area contributed by atoms with Crippen LogP contribution in [0.3, 0.4) is 0 Å². The molecule has 1 N–H and O–H groups in total. The summed E-state index contributed by atoms with van der Waals surface area (Å²) in [6.45, 7) is 1.89. The van der Waals surface area contributed by atoms with E-state index in [1.165, 1.54) is 6.07 Å². The summed E-state index contributed by atoms with van der Waals surface area (Å²) < 4.78 is 26.9. The molecule has 1 atom stereocenters. The predicted molar refractivity (Wildman–Crippen MR) is 64.0 cm³/mol. The molecule has 18 heavy (non-hydrogen) atoms. The van der Waals surface area contributed by atoms with E-state index in [0.29, 0.717) is 5.69 Å². The summed E-state index contributed by atoms with van der Waals surface area (Å²) in [7, 11) is 0. The first-order chi connectivity index (χ1) is 8.58. The third kappa shape index (κ3) is 2.71. The van der Waals surface area contributed by atoms with Crippen molar-refractivity contribution in [1.82, 2.24) is 4.98 Å². The Morgan fingerprint density at radius 3 is 2.39 bits per heavy atom. The van der Waals surface area contributed by atoms with E-state index < -0.39 is 17.7 Å². The Hall–Kier alpha value is -1.81. The van der Waals surface area contributed by atoms with Gasteiger partial charge in [0, 0.05) is 18.3 Å². The quantitative estimate of drug-likeness (QED) is 0.907. The van der Waals surface area contributed by atoms with Gasteiger partial charge in [0.15, 0.2) is 0 Å². The van der Waals surface area contributed by atoms with Crippen molar-refractivity contribution in [1.29, 1.82) is 0 Å². The average molecular weight is 249 g/mol. The van der Waals surface area contributed by atoms with Crippen LogP contribution in [0.4, 0.5) is 8.78 Å². The summed E-state index contributed by atoms with van der Waals surface area (Å²) in [5.41, 5.74) is 1.28. The van der Waals surface area contributed by atoms with Crippen LogP contribution in [0, 0.1) is 18.6 Å². The lowest BCUT2D eigenvalue weighted by Crippen LogP contribution is -2.08. The Labute approximate surface area is 104 Å². The first-order valence-corrected chi connectivity index (χ1v) is 5.61. The molecule has 0 aliphatic carbocycles. The van der Waals surface area contributed by atoms with Crippen LogP contribution in [0.1, 0.15) is 22.9 Å². The van der Waals surface area contributed by atoms with Gasteiger partial charge in [-0.05, 0) is 30.7 Å². The van der Waals surface area contributed by atoms with Crippen molar-refractivity contribution in [3.63, 3.8) is 0 Å². The van der Waals surface area contributed by atoms with Crippen LogP contribution in [-0.4, -0.2) is 10.1 Å². The molecule has 0 fully saturated rings. The number of hydrogen-bond donors (Lipinski definition) is 1. The van der Waals surface area contributed by atoms with E-state index in [2.05, 4.69) is 4.98 Å². The molecule has 2 nitrogen and oxygen atoms in total. The molecule has 0 amide bonds. The van der Waals surface area contributed by atoms with E-state index in [-0.39, 0.29) is 12.0 Å². The molecule has 0 aliphatic heterocycles. The first kappa shape index (κ1) is 12.6. The summed E-state index contributed by atoms with van der Waals surface area (Å²) in [6, 6.07) is 7.10. The van der Waals surface area contributed by atoms with Gasteiger partial charge in [-0.2, -0.15) is 0 Å². The summed E-state index contributed by atoms with van der Waals surface area (Å²) in [4.78, 5) is 4.10. The van der Waals surface area contributed by atoms with Gasteiger partial charge in [-0.15, -0.1) is 0 Å². The predicted octanol–water partition coefficient (Wildman–Crippen LogP) is 2.94. The second-order valence-electron chi connectivity index (χ2n) is 4.18. The van der Waals surface area contributed by atoms with Crippen molar-refractivity contribution >= 4 is 0 Å². The van der Waals surface area contributed by atoms with Crippen LogP contribution in [0.5, 0.6) is 0 Å². The molecule has 0 spiro atoms. The lowest BCUT2D eigenvalue weighted by Gasteiger charge is -2.12. The van der Waals surface area contributed by atoms with Gasteiger partial charge in [0.25, 0.3) is 0 Å². The minimum atomic E-state index is -1.23. The maximum absolute atomic E-state index is 13.4. The Kier molecular flexibility index (Phi) is 3.67. The fraction of sp³-hybridized carbons (Fsp3) is 0.214. The third-order valence-corrected chi connectivity index (χ3v) is 2.71. The number of pyridine rings is 1. The van der Waals surface area contributed by atoms with Gasteiger partial charge >= 0.3 is 0 Å². The lowest BCUT2D eigenvalue weighted by atomic mass is 10.0. The maximum Gasteiger partial charge on any atom is 0.131 e. The summed E-state index contributed by atoms with van der Waals surface area (Å²) in [6.07, 6.45) is 0.499. The van der Waals surface area contributed by atoms with Crippen LogP contribution < -0.4 is 0 Å². The van der Waals surface area contributed by atoms with Crippen molar-refractivity contribution in [3.05, 3.63) is 65.0 Å². The van der Waals surface area contributed by atoms with Crippen LogP contribution in [0.25, 0.3) is 0 Å². The number of nitrogens with zero attached hydrogens (tertiary/aromatic N) is 1. The highest BCUT2D eigenvalue weighted by Crippen LogP contribution is 2.23. The Balaban J connectivity index is 2.22. The molecule has 1 aromatic heterocycles. The number of benzene rings is 1. The summed E-state index contributed by atoms with van der Waals surface area (Å²) in [5.74, 6) is -1.48. The van der Waals surface area contributed by atoms with Crippen LogP contribution >= 0.6 is 0 Å². The van der Waals surface area contributed by atoms with E-state index >= 15 is 0 Å². The molecule has 94 valence electrons. The number of aliphatic hydroxyl groups excluding tert-OH is 1. The highest BCUT2D eigenvalue weighted by molar-refractivity contribution is 5.24. The first-order valence-electron chi connectivity index (χ1n) is 5.61. The summed E-state index contributed by atoms with van der Waals surface area (Å²) >= 11 is 0. The van der Waals surface area contributed by atoms with Crippen molar-refractivity contribution < 1.29 is 13.9 Å². The van der Waals surface area contributed by atoms with E-state index in [1.54, 1.807) is 12.3 Å². The van der Waals surface area contributed by atoms with Crippen LogP contribution in [-0.2, 0) is 6.42 Å². The topological polar surface area (TPSA) is 33.1 Å². The van der Waals surface area contributed by atoms with Gasteiger partial charge in [-0.1, -0.05) is 12.1 Å². The van der Waals surface area contributed by atoms with Gasteiger partial charge < -0.3 is 5.11 Å². The number of aromatic nitrogens is 1. The number of aryl methyl sites for hydroxylation is 1. The molecular formula is C14H13F2NO. The molecular weight excluding hydrogens is 236 g/mol. The zero-order valence-corrected chi connectivity index (χ0v) is 9.90. The highest BCUT2D eigenvalue weighted by atomic mass is 19.1. The van der Waals surface area contributed by atoms with Crippen LogP contribution in [0.2, 0.25) is 0 Å². The van der Waals surface area contributed by atoms with E-state index in [1.807, 2.05) is 13.0 Å². The minimum Gasteiger partial charge on any atom is -0.388 e. The van der Waals surface area contributed by atoms with Crippen LogP contribution in [0.15, 0.2) is 36.5 Å². The van der Waals surface area contributed by atoms with E-state index in [4.69, 9.17) is 0 Å². The van der Waals surface area contributed by atoms with Gasteiger partial charge in [-0.25, -0.2) is 8.78 Å². The van der Waals surface area contributed by atoms with Gasteiger partial charge in [0.2, 0.25) is 0 Å². The molecule has 0 saturated carbocycles.